The summed E-state index contributed by atoms with van der Waals surface area (Å²) < 4.78 is 1.22. The highest BCUT2D eigenvalue weighted by Gasteiger charge is 2.32. The molecule has 1 atom stereocenters. The Labute approximate surface area is 145 Å². The average Bonchev–Trinajstić information content (AvgIpc) is 2.60. The van der Waals surface area contributed by atoms with Crippen molar-refractivity contribution in [1.82, 2.24) is 14.3 Å². The van der Waals surface area contributed by atoms with Crippen molar-refractivity contribution in [3.05, 3.63) is 44.9 Å². The highest BCUT2D eigenvalue weighted by atomic mass is 16.6. The summed E-state index contributed by atoms with van der Waals surface area (Å²) in [5.41, 5.74) is -0.700. The van der Waals surface area contributed by atoms with Gasteiger partial charge in [-0.05, 0) is 58.0 Å². The Kier molecular flexibility index (Phi) is 4.71. The van der Waals surface area contributed by atoms with E-state index in [9.17, 15) is 14.9 Å². The maximum Gasteiger partial charge on any atom is 0.376 e. The van der Waals surface area contributed by atoms with Crippen LogP contribution in [0.2, 0.25) is 0 Å². The number of aromatic nitrogens is 2. The third-order valence-electron chi connectivity index (χ3n) is 5.27. The van der Waals surface area contributed by atoms with E-state index in [0.717, 1.165) is 25.9 Å². The normalized spacial score (nSPS) is 17.6. The Morgan fingerprint density at radius 2 is 2.04 bits per heavy atom. The molecule has 8 heteroatoms. The van der Waals surface area contributed by atoms with Crippen molar-refractivity contribution in [3.63, 3.8) is 0 Å². The summed E-state index contributed by atoms with van der Waals surface area (Å²) in [6, 6.07) is 5.16. The molecular weight excluding hydrogens is 322 g/mol. The zero-order chi connectivity index (χ0) is 18.1. The molecule has 25 heavy (non-hydrogen) atoms. The zero-order valence-corrected chi connectivity index (χ0v) is 14.8. The molecule has 0 amide bonds. The van der Waals surface area contributed by atoms with Gasteiger partial charge in [-0.1, -0.05) is 6.07 Å². The Balaban J connectivity index is 2.03. The molecule has 1 unspecified atom stereocenters. The van der Waals surface area contributed by atoms with Gasteiger partial charge in [-0.3, -0.25) is 19.3 Å². The molecule has 8 nitrogen and oxygen atoms in total. The van der Waals surface area contributed by atoms with Crippen LogP contribution in [0.1, 0.15) is 19.8 Å². The summed E-state index contributed by atoms with van der Waals surface area (Å²) in [6.45, 7) is 4.08. The van der Waals surface area contributed by atoms with Crippen LogP contribution in [0.4, 0.5) is 11.5 Å². The largest absolute Gasteiger partial charge is 0.376 e. The summed E-state index contributed by atoms with van der Waals surface area (Å²) >= 11 is 0. The van der Waals surface area contributed by atoms with E-state index >= 15 is 0 Å². The molecule has 2 aromatic rings. The predicted octanol–water partition coefficient (Wildman–Crippen LogP) is 1.77. The third kappa shape index (κ3) is 3.21. The number of likely N-dealkylation sites (tertiary alicyclic amines) is 1. The molecule has 3 heterocycles. The minimum atomic E-state index is -0.645. The lowest BCUT2D eigenvalue weighted by atomic mass is 9.90. The van der Waals surface area contributed by atoms with Gasteiger partial charge in [0.2, 0.25) is 5.82 Å². The first-order valence-corrected chi connectivity index (χ1v) is 8.47. The molecular formula is C17H23N5O3. The maximum absolute atomic E-state index is 12.6. The van der Waals surface area contributed by atoms with Gasteiger partial charge < -0.3 is 9.80 Å². The fourth-order valence-corrected chi connectivity index (χ4v) is 3.49. The molecule has 1 saturated heterocycles. The van der Waals surface area contributed by atoms with Crippen LogP contribution in [0.5, 0.6) is 0 Å². The third-order valence-corrected chi connectivity index (χ3v) is 5.27. The molecule has 0 bridgehead atoms. The number of pyridine rings is 1. The summed E-state index contributed by atoms with van der Waals surface area (Å²) in [5, 5.41) is 11.6. The van der Waals surface area contributed by atoms with E-state index in [2.05, 4.69) is 16.9 Å². The standard InChI is InChI=1S/C17H23N5O3/c1-12(13-7-10-19(2)11-8-13)20(3)16-15(22(24)25)17(23)21-9-5-4-6-14(21)18-16/h4-6,9,12-13H,7-8,10-11H2,1-3H3. The number of fused-ring (bicyclic) bond motifs is 1. The molecule has 0 radical (unpaired) electrons. The van der Waals surface area contributed by atoms with E-state index < -0.39 is 16.2 Å². The Morgan fingerprint density at radius 1 is 1.36 bits per heavy atom. The van der Waals surface area contributed by atoms with E-state index in [0.29, 0.717) is 11.6 Å². The lowest BCUT2D eigenvalue weighted by Crippen LogP contribution is -2.42. The van der Waals surface area contributed by atoms with Gasteiger partial charge in [0, 0.05) is 19.3 Å². The first kappa shape index (κ1) is 17.3. The Bertz CT molecular complexity index is 842. The van der Waals surface area contributed by atoms with E-state index in [4.69, 9.17) is 0 Å². The number of anilines is 1. The van der Waals surface area contributed by atoms with Gasteiger partial charge in [-0.15, -0.1) is 0 Å². The smallest absolute Gasteiger partial charge is 0.351 e. The van der Waals surface area contributed by atoms with Crippen LogP contribution in [0.15, 0.2) is 29.2 Å². The molecule has 0 aliphatic carbocycles. The highest BCUT2D eigenvalue weighted by molar-refractivity contribution is 5.61. The van der Waals surface area contributed by atoms with Crippen LogP contribution in [0.25, 0.3) is 5.65 Å². The van der Waals surface area contributed by atoms with Crippen molar-refractivity contribution in [2.24, 2.45) is 5.92 Å². The molecule has 134 valence electrons. The van der Waals surface area contributed by atoms with Crippen LogP contribution in [-0.2, 0) is 0 Å². The van der Waals surface area contributed by atoms with Crippen LogP contribution in [0, 0.1) is 16.0 Å². The molecule has 0 saturated carbocycles. The number of piperidine rings is 1. The van der Waals surface area contributed by atoms with E-state index in [-0.39, 0.29) is 11.9 Å². The molecule has 1 aliphatic rings. The molecule has 2 aromatic heterocycles. The Hall–Kier alpha value is -2.48. The van der Waals surface area contributed by atoms with E-state index in [1.54, 1.807) is 30.1 Å². The van der Waals surface area contributed by atoms with Crippen molar-refractivity contribution in [2.45, 2.75) is 25.8 Å². The molecule has 0 aromatic carbocycles. The number of nitro groups is 1. The summed E-state index contributed by atoms with van der Waals surface area (Å²) in [4.78, 5) is 32.0. The second kappa shape index (κ2) is 6.79. The van der Waals surface area contributed by atoms with E-state index in [1.807, 2.05) is 6.92 Å². The van der Waals surface area contributed by atoms with Crippen LogP contribution in [0.3, 0.4) is 0 Å². The van der Waals surface area contributed by atoms with Crippen molar-refractivity contribution >= 4 is 17.2 Å². The van der Waals surface area contributed by atoms with Crippen molar-refractivity contribution in [1.29, 1.82) is 0 Å². The minimum Gasteiger partial charge on any atom is -0.351 e. The number of hydrogen-bond donors (Lipinski definition) is 0. The highest BCUT2D eigenvalue weighted by Crippen LogP contribution is 2.29. The first-order chi connectivity index (χ1) is 11.9. The van der Waals surface area contributed by atoms with Gasteiger partial charge in [0.05, 0.1) is 4.92 Å². The SMILES string of the molecule is CC(C1CCN(C)CC1)N(C)c1nc2ccccn2c(=O)c1[N+](=O)[O-]. The predicted molar refractivity (Wildman–Crippen MR) is 96.2 cm³/mol. The van der Waals surface area contributed by atoms with Gasteiger partial charge in [0.25, 0.3) is 0 Å². The maximum atomic E-state index is 12.6. The monoisotopic (exact) mass is 345 g/mol. The fourth-order valence-electron chi connectivity index (χ4n) is 3.49. The summed E-state index contributed by atoms with van der Waals surface area (Å²) in [5.74, 6) is 0.560. The fraction of sp³-hybridized carbons (Fsp3) is 0.529. The van der Waals surface area contributed by atoms with Gasteiger partial charge in [0.1, 0.15) is 5.65 Å². The van der Waals surface area contributed by atoms with Crippen molar-refractivity contribution < 1.29 is 4.92 Å². The second-order valence-corrected chi connectivity index (χ2v) is 6.77. The molecule has 1 fully saturated rings. The van der Waals surface area contributed by atoms with Crippen LogP contribution in [-0.4, -0.2) is 52.4 Å². The van der Waals surface area contributed by atoms with Gasteiger partial charge >= 0.3 is 11.2 Å². The van der Waals surface area contributed by atoms with Crippen molar-refractivity contribution in [3.8, 4) is 0 Å². The average molecular weight is 345 g/mol. The topological polar surface area (TPSA) is 84.0 Å². The van der Waals surface area contributed by atoms with Crippen LogP contribution < -0.4 is 10.5 Å². The number of nitrogens with zero attached hydrogens (tertiary/aromatic N) is 5. The Morgan fingerprint density at radius 3 is 2.68 bits per heavy atom. The van der Waals surface area contributed by atoms with Crippen LogP contribution >= 0.6 is 0 Å². The minimum absolute atomic E-state index is 0.0606. The van der Waals surface area contributed by atoms with E-state index in [1.165, 1.54) is 10.6 Å². The van der Waals surface area contributed by atoms with Gasteiger partial charge in [0.15, 0.2) is 0 Å². The first-order valence-electron chi connectivity index (χ1n) is 8.47. The molecule has 0 N–H and O–H groups in total. The summed E-state index contributed by atoms with van der Waals surface area (Å²) in [6.07, 6.45) is 3.56. The lowest BCUT2D eigenvalue weighted by Gasteiger charge is -2.37. The lowest BCUT2D eigenvalue weighted by molar-refractivity contribution is -0.385. The quantitative estimate of drug-likeness (QED) is 0.620. The molecule has 0 spiro atoms. The summed E-state index contributed by atoms with van der Waals surface area (Å²) in [7, 11) is 3.89. The zero-order valence-electron chi connectivity index (χ0n) is 14.8. The number of rotatable bonds is 4. The van der Waals surface area contributed by atoms with Crippen molar-refractivity contribution in [2.75, 3.05) is 32.1 Å². The van der Waals surface area contributed by atoms with Gasteiger partial charge in [-0.25, -0.2) is 4.98 Å². The second-order valence-electron chi connectivity index (χ2n) is 6.77. The van der Waals surface area contributed by atoms with Gasteiger partial charge in [-0.2, -0.15) is 0 Å². The number of hydrogen-bond acceptors (Lipinski definition) is 6. The molecule has 1 aliphatic heterocycles. The molecule has 3 rings (SSSR count).